The molecule has 18 heavy (non-hydrogen) atoms. The van der Waals surface area contributed by atoms with Gasteiger partial charge in [0.25, 0.3) is 0 Å². The van der Waals surface area contributed by atoms with E-state index in [-0.39, 0.29) is 10.8 Å². The van der Waals surface area contributed by atoms with E-state index in [0.29, 0.717) is 12.0 Å². The van der Waals surface area contributed by atoms with Crippen LogP contribution >= 0.6 is 0 Å². The van der Waals surface area contributed by atoms with Crippen molar-refractivity contribution in [2.75, 3.05) is 0 Å². The van der Waals surface area contributed by atoms with Gasteiger partial charge in [0.05, 0.1) is 0 Å². The zero-order valence-corrected chi connectivity index (χ0v) is 12.9. The van der Waals surface area contributed by atoms with Crippen LogP contribution in [0, 0.1) is 0 Å². The lowest BCUT2D eigenvalue weighted by atomic mass is 10.1. The molecule has 1 aromatic rings. The van der Waals surface area contributed by atoms with Gasteiger partial charge >= 0.3 is 0 Å². The maximum Gasteiger partial charge on any atom is 0.195 e. The molecule has 2 N–H and O–H groups in total. The van der Waals surface area contributed by atoms with Gasteiger partial charge in [0.15, 0.2) is 8.32 Å². The number of phenols is 1. The van der Waals surface area contributed by atoms with Crippen LogP contribution in [0.5, 0.6) is 5.75 Å². The van der Waals surface area contributed by atoms with Crippen molar-refractivity contribution >= 4 is 8.32 Å². The van der Waals surface area contributed by atoms with Gasteiger partial charge in [-0.1, -0.05) is 39.0 Å². The second-order valence-corrected chi connectivity index (χ2v) is 10.9. The molecule has 0 fully saturated rings. The highest BCUT2D eigenvalue weighted by molar-refractivity contribution is 6.74. The van der Waals surface area contributed by atoms with Crippen LogP contribution in [-0.4, -0.2) is 24.8 Å². The van der Waals surface area contributed by atoms with Gasteiger partial charge in [0.1, 0.15) is 12.0 Å². The summed E-state index contributed by atoms with van der Waals surface area (Å²) in [5.74, 6) is 0.204. The molecule has 0 amide bonds. The van der Waals surface area contributed by atoms with Crippen molar-refractivity contribution in [3.63, 3.8) is 0 Å². The largest absolute Gasteiger partial charge is 0.508 e. The number of benzene rings is 1. The summed E-state index contributed by atoms with van der Waals surface area (Å²) in [7, 11) is -1.97. The smallest absolute Gasteiger partial charge is 0.195 e. The van der Waals surface area contributed by atoms with E-state index < -0.39 is 14.6 Å². The average molecular weight is 268 g/mol. The Morgan fingerprint density at radius 2 is 1.78 bits per heavy atom. The number of hydrogen-bond donors (Lipinski definition) is 2. The van der Waals surface area contributed by atoms with Gasteiger partial charge in [-0.05, 0) is 29.8 Å². The molecular weight excluding hydrogens is 244 g/mol. The maximum atomic E-state index is 10.0. The Morgan fingerprint density at radius 1 is 1.22 bits per heavy atom. The fraction of sp³-hybridized carbons (Fsp3) is 0.571. The van der Waals surface area contributed by atoms with E-state index in [9.17, 15) is 10.2 Å². The van der Waals surface area contributed by atoms with E-state index in [1.54, 1.807) is 18.2 Å². The van der Waals surface area contributed by atoms with Crippen LogP contribution in [0.15, 0.2) is 24.3 Å². The number of phenolic OH excluding ortho intramolecular Hbond substituents is 1. The predicted molar refractivity (Wildman–Crippen MR) is 76.1 cm³/mol. The van der Waals surface area contributed by atoms with E-state index in [2.05, 4.69) is 33.9 Å². The van der Waals surface area contributed by atoms with Crippen molar-refractivity contribution in [2.24, 2.45) is 0 Å². The highest BCUT2D eigenvalue weighted by Crippen LogP contribution is 2.37. The van der Waals surface area contributed by atoms with Crippen molar-refractivity contribution in [3.8, 4) is 5.75 Å². The molecule has 0 spiro atoms. The molecule has 0 aliphatic heterocycles. The molecule has 1 unspecified atom stereocenters. The van der Waals surface area contributed by atoms with Crippen LogP contribution in [0.1, 0.15) is 26.3 Å². The van der Waals surface area contributed by atoms with Crippen molar-refractivity contribution < 1.29 is 14.6 Å². The summed E-state index contributed by atoms with van der Waals surface area (Å²) in [4.78, 5) is 0. The zero-order valence-electron chi connectivity index (χ0n) is 11.9. The number of aliphatic hydroxyl groups excluding tert-OH is 1. The first-order valence-electron chi connectivity index (χ1n) is 6.26. The highest BCUT2D eigenvalue weighted by atomic mass is 28.4. The molecule has 0 aliphatic carbocycles. The van der Waals surface area contributed by atoms with E-state index >= 15 is 0 Å². The maximum absolute atomic E-state index is 10.0. The third kappa shape index (κ3) is 3.83. The number of aliphatic hydroxyl groups is 1. The van der Waals surface area contributed by atoms with Gasteiger partial charge < -0.3 is 14.6 Å². The molecule has 102 valence electrons. The van der Waals surface area contributed by atoms with Crippen molar-refractivity contribution in [3.05, 3.63) is 29.8 Å². The summed E-state index contributed by atoms with van der Waals surface area (Å²) in [5.41, 5.74) is 0.712. The standard InChI is InChI=1S/C14H24O3Si/c1-14(2,3)18(4,5)17-13(16)10-11-8-6-7-9-12(11)15/h6-9,13,15-16H,10H2,1-5H3. The SMILES string of the molecule is CC(C)(C)[Si](C)(C)OC(O)Cc1ccccc1O. The molecule has 0 aromatic heterocycles. The van der Waals surface area contributed by atoms with E-state index in [1.807, 2.05) is 6.07 Å². The normalized spacial score (nSPS) is 14.6. The summed E-state index contributed by atoms with van der Waals surface area (Å²) in [6, 6.07) is 7.02. The summed E-state index contributed by atoms with van der Waals surface area (Å²) in [5, 5.41) is 19.8. The Bertz CT molecular complexity index is 396. The summed E-state index contributed by atoms with van der Waals surface area (Å²) >= 11 is 0. The predicted octanol–water partition coefficient (Wildman–Crippen LogP) is 3.27. The number of hydrogen-bond acceptors (Lipinski definition) is 3. The zero-order chi connectivity index (χ0) is 14.0. The van der Waals surface area contributed by atoms with Crippen molar-refractivity contribution in [2.45, 2.75) is 51.6 Å². The minimum atomic E-state index is -1.97. The van der Waals surface area contributed by atoms with E-state index in [4.69, 9.17) is 4.43 Å². The fourth-order valence-electron chi connectivity index (χ4n) is 1.43. The molecule has 0 saturated carbocycles. The van der Waals surface area contributed by atoms with Gasteiger partial charge in [0.2, 0.25) is 0 Å². The van der Waals surface area contributed by atoms with Gasteiger partial charge in [-0.25, -0.2) is 0 Å². The summed E-state index contributed by atoms with van der Waals surface area (Å²) < 4.78 is 5.84. The fourth-order valence-corrected chi connectivity index (χ4v) is 2.55. The minimum Gasteiger partial charge on any atom is -0.508 e. The molecular formula is C14H24O3Si. The summed E-state index contributed by atoms with van der Waals surface area (Å²) in [6.07, 6.45) is -0.543. The van der Waals surface area contributed by atoms with E-state index in [0.717, 1.165) is 0 Å². The monoisotopic (exact) mass is 268 g/mol. The van der Waals surface area contributed by atoms with Gasteiger partial charge in [-0.2, -0.15) is 0 Å². The molecule has 0 radical (unpaired) electrons. The summed E-state index contributed by atoms with van der Waals surface area (Å²) in [6.45, 7) is 10.6. The first-order valence-corrected chi connectivity index (χ1v) is 9.17. The van der Waals surface area contributed by atoms with E-state index in [1.165, 1.54) is 0 Å². The third-order valence-electron chi connectivity index (χ3n) is 3.62. The molecule has 0 heterocycles. The molecule has 0 bridgehead atoms. The van der Waals surface area contributed by atoms with Crippen LogP contribution < -0.4 is 0 Å². The molecule has 0 saturated heterocycles. The van der Waals surface area contributed by atoms with Crippen LogP contribution in [0.2, 0.25) is 18.1 Å². The van der Waals surface area contributed by atoms with Crippen LogP contribution in [0.25, 0.3) is 0 Å². The number of rotatable bonds is 4. The molecule has 1 atom stereocenters. The molecule has 1 aromatic carbocycles. The van der Waals surface area contributed by atoms with Gasteiger partial charge in [0, 0.05) is 6.42 Å². The first kappa shape index (κ1) is 15.2. The second kappa shape index (κ2) is 5.43. The molecule has 1 rings (SSSR count). The molecule has 3 nitrogen and oxygen atoms in total. The van der Waals surface area contributed by atoms with Crippen molar-refractivity contribution in [1.82, 2.24) is 0 Å². The minimum absolute atomic E-state index is 0.0622. The lowest BCUT2D eigenvalue weighted by Crippen LogP contribution is -2.44. The lowest BCUT2D eigenvalue weighted by Gasteiger charge is -2.37. The van der Waals surface area contributed by atoms with Crippen LogP contribution in [-0.2, 0) is 10.8 Å². The third-order valence-corrected chi connectivity index (χ3v) is 8.10. The highest BCUT2D eigenvalue weighted by Gasteiger charge is 2.38. The lowest BCUT2D eigenvalue weighted by molar-refractivity contribution is -0.0271. The number of para-hydroxylation sites is 1. The van der Waals surface area contributed by atoms with Crippen molar-refractivity contribution in [1.29, 1.82) is 0 Å². The molecule has 4 heteroatoms. The van der Waals surface area contributed by atoms with Gasteiger partial charge in [-0.3, -0.25) is 0 Å². The Kier molecular flexibility index (Phi) is 4.59. The Hall–Kier alpha value is -0.843. The van der Waals surface area contributed by atoms with Crippen LogP contribution in [0.3, 0.4) is 0 Å². The Labute approximate surface area is 111 Å². The quantitative estimate of drug-likeness (QED) is 0.651. The average Bonchev–Trinajstić information content (AvgIpc) is 2.19. The Morgan fingerprint density at radius 3 is 2.28 bits per heavy atom. The second-order valence-electron chi connectivity index (χ2n) is 6.17. The Balaban J connectivity index is 2.68. The van der Waals surface area contributed by atoms with Crippen LogP contribution in [0.4, 0.5) is 0 Å². The molecule has 0 aliphatic rings. The van der Waals surface area contributed by atoms with Gasteiger partial charge in [-0.15, -0.1) is 0 Å². The first-order chi connectivity index (χ1) is 8.13. The number of aromatic hydroxyl groups is 1. The topological polar surface area (TPSA) is 49.7 Å².